The molecule has 0 amide bonds. The fraction of sp³-hybridized carbons (Fsp3) is 0.154. The molecule has 0 bridgehead atoms. The molecular formula is C13H13FN4O2. The van der Waals surface area contributed by atoms with Crippen molar-refractivity contribution >= 4 is 5.84 Å². The van der Waals surface area contributed by atoms with Crippen LogP contribution in [0.4, 0.5) is 4.39 Å². The van der Waals surface area contributed by atoms with Crippen molar-refractivity contribution in [3.8, 4) is 11.6 Å². The second kappa shape index (κ2) is 5.52. The summed E-state index contributed by atoms with van der Waals surface area (Å²) in [6.45, 7) is 3.45. The van der Waals surface area contributed by atoms with Crippen LogP contribution in [0.2, 0.25) is 0 Å². The predicted molar refractivity (Wildman–Crippen MR) is 70.5 cm³/mol. The van der Waals surface area contributed by atoms with Crippen LogP contribution in [0, 0.1) is 19.7 Å². The van der Waals surface area contributed by atoms with Gasteiger partial charge in [0.1, 0.15) is 0 Å². The van der Waals surface area contributed by atoms with Gasteiger partial charge in [0.15, 0.2) is 17.4 Å². The number of rotatable bonds is 3. The summed E-state index contributed by atoms with van der Waals surface area (Å²) in [6, 6.07) is 5.87. The number of nitrogens with two attached hydrogens (primary N) is 1. The maximum atomic E-state index is 13.6. The fourth-order valence-corrected chi connectivity index (χ4v) is 1.64. The van der Waals surface area contributed by atoms with Crippen LogP contribution in [0.3, 0.4) is 0 Å². The molecule has 1 heterocycles. The highest BCUT2D eigenvalue weighted by molar-refractivity contribution is 6.00. The van der Waals surface area contributed by atoms with Crippen molar-refractivity contribution in [2.45, 2.75) is 13.8 Å². The number of hydrogen-bond acceptors (Lipinski definition) is 5. The molecule has 0 aliphatic rings. The lowest BCUT2D eigenvalue weighted by atomic mass is 10.1. The van der Waals surface area contributed by atoms with Gasteiger partial charge >= 0.3 is 0 Å². The van der Waals surface area contributed by atoms with Crippen LogP contribution in [-0.4, -0.2) is 21.2 Å². The monoisotopic (exact) mass is 276 g/mol. The maximum Gasteiger partial charge on any atom is 0.250 e. The lowest BCUT2D eigenvalue weighted by Gasteiger charge is -2.12. The quantitative estimate of drug-likeness (QED) is 0.387. The van der Waals surface area contributed by atoms with Gasteiger partial charge in [-0.15, -0.1) is 5.10 Å². The third-order valence-corrected chi connectivity index (χ3v) is 2.83. The molecule has 0 aliphatic heterocycles. The molecule has 0 spiro atoms. The van der Waals surface area contributed by atoms with Gasteiger partial charge in [-0.1, -0.05) is 17.3 Å². The van der Waals surface area contributed by atoms with Gasteiger partial charge < -0.3 is 15.7 Å². The molecule has 1 aromatic heterocycles. The molecule has 2 aromatic rings. The molecule has 0 radical (unpaired) electrons. The van der Waals surface area contributed by atoms with Gasteiger partial charge in [0.05, 0.1) is 11.3 Å². The molecule has 0 unspecified atom stereocenters. The van der Waals surface area contributed by atoms with E-state index in [4.69, 9.17) is 15.7 Å². The first-order valence-electron chi connectivity index (χ1n) is 5.78. The summed E-state index contributed by atoms with van der Waals surface area (Å²) >= 11 is 0. The standard InChI is InChI=1S/C13H13FN4O2/c1-7-8(2)16-17-13(11(7)12(15)18-19)20-10-6-4-3-5-9(10)14/h3-6,19H,1-2H3,(H2,15,18). The van der Waals surface area contributed by atoms with E-state index in [9.17, 15) is 4.39 Å². The number of oxime groups is 1. The van der Waals surface area contributed by atoms with Gasteiger partial charge in [-0.2, -0.15) is 5.10 Å². The summed E-state index contributed by atoms with van der Waals surface area (Å²) in [5, 5.41) is 19.5. The molecular weight excluding hydrogens is 263 g/mol. The largest absolute Gasteiger partial charge is 0.434 e. The zero-order chi connectivity index (χ0) is 14.7. The molecule has 0 saturated carbocycles. The summed E-state index contributed by atoms with van der Waals surface area (Å²) in [5.74, 6) is -0.754. The number of halogens is 1. The van der Waals surface area contributed by atoms with E-state index >= 15 is 0 Å². The van der Waals surface area contributed by atoms with Crippen LogP contribution in [0.5, 0.6) is 11.6 Å². The Kier molecular flexibility index (Phi) is 3.79. The number of para-hydroxylation sites is 1. The van der Waals surface area contributed by atoms with Crippen LogP contribution in [0.25, 0.3) is 0 Å². The molecule has 0 fully saturated rings. The molecule has 0 saturated heterocycles. The number of amidine groups is 1. The van der Waals surface area contributed by atoms with E-state index in [1.807, 2.05) is 0 Å². The first kappa shape index (κ1) is 13.7. The Balaban J connectivity index is 2.53. The average Bonchev–Trinajstić information content (AvgIpc) is 2.45. The second-order valence-corrected chi connectivity index (χ2v) is 4.11. The van der Waals surface area contributed by atoms with E-state index in [0.29, 0.717) is 11.3 Å². The number of aryl methyl sites for hydroxylation is 1. The van der Waals surface area contributed by atoms with Crippen LogP contribution in [-0.2, 0) is 0 Å². The summed E-state index contributed by atoms with van der Waals surface area (Å²) < 4.78 is 19.0. The van der Waals surface area contributed by atoms with Crippen molar-refractivity contribution in [3.63, 3.8) is 0 Å². The van der Waals surface area contributed by atoms with Gasteiger partial charge in [-0.05, 0) is 31.5 Å². The molecule has 0 atom stereocenters. The maximum absolute atomic E-state index is 13.6. The van der Waals surface area contributed by atoms with E-state index in [0.717, 1.165) is 0 Å². The van der Waals surface area contributed by atoms with Gasteiger partial charge in [0.2, 0.25) is 5.88 Å². The Hall–Kier alpha value is -2.70. The zero-order valence-corrected chi connectivity index (χ0v) is 11.0. The van der Waals surface area contributed by atoms with Crippen molar-refractivity contribution < 1.29 is 14.3 Å². The highest BCUT2D eigenvalue weighted by Gasteiger charge is 2.18. The first-order chi connectivity index (χ1) is 9.54. The highest BCUT2D eigenvalue weighted by atomic mass is 19.1. The van der Waals surface area contributed by atoms with Crippen molar-refractivity contribution in [2.24, 2.45) is 10.9 Å². The Morgan fingerprint density at radius 2 is 2.00 bits per heavy atom. The summed E-state index contributed by atoms with van der Waals surface area (Å²) in [7, 11) is 0. The first-order valence-corrected chi connectivity index (χ1v) is 5.78. The van der Waals surface area contributed by atoms with Crippen molar-refractivity contribution in [3.05, 3.63) is 46.9 Å². The smallest absolute Gasteiger partial charge is 0.250 e. The van der Waals surface area contributed by atoms with Crippen molar-refractivity contribution in [1.82, 2.24) is 10.2 Å². The molecule has 6 nitrogen and oxygen atoms in total. The van der Waals surface area contributed by atoms with E-state index in [-0.39, 0.29) is 23.0 Å². The molecule has 7 heteroatoms. The average molecular weight is 276 g/mol. The minimum absolute atomic E-state index is 0.0166. The Bertz CT molecular complexity index is 673. The minimum atomic E-state index is -0.544. The van der Waals surface area contributed by atoms with Crippen LogP contribution in [0.15, 0.2) is 29.4 Å². The van der Waals surface area contributed by atoms with Crippen molar-refractivity contribution in [2.75, 3.05) is 0 Å². The third-order valence-electron chi connectivity index (χ3n) is 2.83. The second-order valence-electron chi connectivity index (χ2n) is 4.11. The molecule has 0 aliphatic carbocycles. The van der Waals surface area contributed by atoms with E-state index in [2.05, 4.69) is 15.4 Å². The van der Waals surface area contributed by atoms with Gasteiger partial charge in [0.25, 0.3) is 0 Å². The lowest BCUT2D eigenvalue weighted by molar-refractivity contribution is 0.318. The lowest BCUT2D eigenvalue weighted by Crippen LogP contribution is -2.18. The number of benzene rings is 1. The van der Waals surface area contributed by atoms with Crippen LogP contribution >= 0.6 is 0 Å². The Morgan fingerprint density at radius 1 is 1.30 bits per heavy atom. The number of aromatic nitrogens is 2. The molecule has 3 N–H and O–H groups in total. The van der Waals surface area contributed by atoms with E-state index in [1.54, 1.807) is 26.0 Å². The molecule has 104 valence electrons. The zero-order valence-electron chi connectivity index (χ0n) is 11.0. The van der Waals surface area contributed by atoms with Gasteiger partial charge in [-0.25, -0.2) is 4.39 Å². The third kappa shape index (κ3) is 2.51. The summed E-state index contributed by atoms with van der Waals surface area (Å²) in [6.07, 6.45) is 0. The summed E-state index contributed by atoms with van der Waals surface area (Å²) in [5.41, 5.74) is 7.14. The van der Waals surface area contributed by atoms with Gasteiger partial charge in [0, 0.05) is 0 Å². The molecule has 20 heavy (non-hydrogen) atoms. The van der Waals surface area contributed by atoms with E-state index in [1.165, 1.54) is 12.1 Å². The highest BCUT2D eigenvalue weighted by Crippen LogP contribution is 2.27. The normalized spacial score (nSPS) is 11.4. The number of hydrogen-bond donors (Lipinski definition) is 2. The Morgan fingerprint density at radius 3 is 2.65 bits per heavy atom. The van der Waals surface area contributed by atoms with E-state index < -0.39 is 5.82 Å². The minimum Gasteiger partial charge on any atom is -0.434 e. The summed E-state index contributed by atoms with van der Waals surface area (Å²) in [4.78, 5) is 0. The molecule has 2 rings (SSSR count). The van der Waals surface area contributed by atoms with Crippen molar-refractivity contribution in [1.29, 1.82) is 0 Å². The molecule has 1 aromatic carbocycles. The Labute approximate surface area is 114 Å². The van der Waals surface area contributed by atoms with Crippen LogP contribution in [0.1, 0.15) is 16.8 Å². The van der Waals surface area contributed by atoms with Gasteiger partial charge in [-0.3, -0.25) is 0 Å². The van der Waals surface area contributed by atoms with Crippen LogP contribution < -0.4 is 10.5 Å². The number of ether oxygens (including phenoxy) is 1. The SMILES string of the molecule is Cc1nnc(Oc2ccccc2F)c(/C(N)=N/O)c1C. The fourth-order valence-electron chi connectivity index (χ4n) is 1.64. The number of nitrogens with zero attached hydrogens (tertiary/aromatic N) is 3. The topological polar surface area (TPSA) is 93.6 Å². The predicted octanol–water partition coefficient (Wildman–Crippen LogP) is 2.12.